The standard InChI is InChI=1S/C23H24N4O4/c1-15(2)27-23(30)19-9-4-3-8-18(19)20(25-27)21(28)24-17-7-5-6-16(14-17)22(29)26-10-12-31-13-11-26/h3-9,14-15H,10-13H2,1-2H3,(H,24,28). The highest BCUT2D eigenvalue weighted by Gasteiger charge is 2.20. The zero-order valence-corrected chi connectivity index (χ0v) is 17.5. The molecule has 2 aromatic carbocycles. The second kappa shape index (κ2) is 8.69. The van der Waals surface area contributed by atoms with Crippen LogP contribution in [-0.4, -0.2) is 52.8 Å². The van der Waals surface area contributed by atoms with Crippen molar-refractivity contribution in [2.24, 2.45) is 0 Å². The molecule has 0 aliphatic carbocycles. The van der Waals surface area contributed by atoms with E-state index in [0.717, 1.165) is 0 Å². The Morgan fingerprint density at radius 2 is 1.74 bits per heavy atom. The van der Waals surface area contributed by atoms with Crippen LogP contribution >= 0.6 is 0 Å². The largest absolute Gasteiger partial charge is 0.378 e. The van der Waals surface area contributed by atoms with E-state index in [1.54, 1.807) is 53.4 Å². The van der Waals surface area contributed by atoms with Crippen LogP contribution in [0, 0.1) is 0 Å². The summed E-state index contributed by atoms with van der Waals surface area (Å²) in [4.78, 5) is 40.3. The van der Waals surface area contributed by atoms with E-state index >= 15 is 0 Å². The average Bonchev–Trinajstić information content (AvgIpc) is 2.79. The Morgan fingerprint density at radius 3 is 2.45 bits per heavy atom. The van der Waals surface area contributed by atoms with Crippen molar-refractivity contribution in [2.45, 2.75) is 19.9 Å². The molecule has 1 N–H and O–H groups in total. The predicted octanol–water partition coefficient (Wildman–Crippen LogP) is 2.70. The van der Waals surface area contributed by atoms with Crippen molar-refractivity contribution in [3.63, 3.8) is 0 Å². The molecule has 1 saturated heterocycles. The maximum atomic E-state index is 13.1. The number of nitrogens with one attached hydrogen (secondary N) is 1. The molecular formula is C23H24N4O4. The number of nitrogens with zero attached hydrogens (tertiary/aromatic N) is 3. The van der Waals surface area contributed by atoms with Crippen molar-refractivity contribution < 1.29 is 14.3 Å². The van der Waals surface area contributed by atoms with Crippen LogP contribution in [0.15, 0.2) is 53.3 Å². The topological polar surface area (TPSA) is 93.5 Å². The summed E-state index contributed by atoms with van der Waals surface area (Å²) >= 11 is 0. The van der Waals surface area contributed by atoms with Gasteiger partial charge in [0.2, 0.25) is 0 Å². The Bertz CT molecular complexity index is 1200. The van der Waals surface area contributed by atoms with Crippen LogP contribution in [0.4, 0.5) is 5.69 Å². The van der Waals surface area contributed by atoms with Gasteiger partial charge < -0.3 is 15.0 Å². The second-order valence-corrected chi connectivity index (χ2v) is 7.68. The van der Waals surface area contributed by atoms with E-state index in [0.29, 0.717) is 48.3 Å². The Labute approximate surface area is 179 Å². The number of fused-ring (bicyclic) bond motifs is 1. The Hall–Kier alpha value is -3.52. The molecule has 4 rings (SSSR count). The monoisotopic (exact) mass is 420 g/mol. The number of rotatable bonds is 4. The lowest BCUT2D eigenvalue weighted by Crippen LogP contribution is -2.40. The second-order valence-electron chi connectivity index (χ2n) is 7.68. The van der Waals surface area contributed by atoms with Crippen molar-refractivity contribution in [1.82, 2.24) is 14.7 Å². The number of amides is 2. The van der Waals surface area contributed by atoms with Crippen molar-refractivity contribution in [1.29, 1.82) is 0 Å². The van der Waals surface area contributed by atoms with Crippen LogP contribution in [0.5, 0.6) is 0 Å². The molecule has 1 aliphatic rings. The molecule has 0 bridgehead atoms. The highest BCUT2D eigenvalue weighted by Crippen LogP contribution is 2.18. The number of benzene rings is 2. The highest BCUT2D eigenvalue weighted by atomic mass is 16.5. The van der Waals surface area contributed by atoms with Crippen LogP contribution in [0.3, 0.4) is 0 Å². The number of carbonyl (C=O) groups is 2. The van der Waals surface area contributed by atoms with Crippen molar-refractivity contribution in [3.05, 3.63) is 70.1 Å². The van der Waals surface area contributed by atoms with Gasteiger partial charge in [-0.15, -0.1) is 0 Å². The molecule has 1 fully saturated rings. The molecule has 8 heteroatoms. The van der Waals surface area contributed by atoms with Gasteiger partial charge in [-0.1, -0.05) is 24.3 Å². The molecule has 31 heavy (non-hydrogen) atoms. The first-order valence-electron chi connectivity index (χ1n) is 10.3. The number of ether oxygens (including phenoxy) is 1. The van der Waals surface area contributed by atoms with Gasteiger partial charge in [0.05, 0.1) is 24.6 Å². The lowest BCUT2D eigenvalue weighted by Gasteiger charge is -2.27. The minimum absolute atomic E-state index is 0.101. The lowest BCUT2D eigenvalue weighted by atomic mass is 10.1. The van der Waals surface area contributed by atoms with Gasteiger partial charge in [0.15, 0.2) is 5.69 Å². The van der Waals surface area contributed by atoms with E-state index in [1.165, 1.54) is 4.68 Å². The van der Waals surface area contributed by atoms with Crippen LogP contribution in [-0.2, 0) is 4.74 Å². The van der Waals surface area contributed by atoms with Crippen LogP contribution < -0.4 is 10.9 Å². The van der Waals surface area contributed by atoms with Crippen LogP contribution in [0.1, 0.15) is 40.7 Å². The summed E-state index contributed by atoms with van der Waals surface area (Å²) in [5.41, 5.74) is 0.899. The average molecular weight is 420 g/mol. The third-order valence-electron chi connectivity index (χ3n) is 5.20. The highest BCUT2D eigenvalue weighted by molar-refractivity contribution is 6.11. The number of carbonyl (C=O) groups excluding carboxylic acids is 2. The third-order valence-corrected chi connectivity index (χ3v) is 5.20. The molecule has 0 radical (unpaired) electrons. The molecule has 2 amide bonds. The van der Waals surface area contributed by atoms with E-state index in [4.69, 9.17) is 4.74 Å². The fourth-order valence-corrected chi connectivity index (χ4v) is 3.59. The van der Waals surface area contributed by atoms with Gasteiger partial charge in [-0.25, -0.2) is 4.68 Å². The fraction of sp³-hybridized carbons (Fsp3) is 0.304. The van der Waals surface area contributed by atoms with Gasteiger partial charge in [0.1, 0.15) is 0 Å². The number of anilines is 1. The molecule has 8 nitrogen and oxygen atoms in total. The Balaban J connectivity index is 1.65. The summed E-state index contributed by atoms with van der Waals surface area (Å²) in [7, 11) is 0. The van der Waals surface area contributed by atoms with E-state index in [2.05, 4.69) is 10.4 Å². The number of morpholine rings is 1. The van der Waals surface area contributed by atoms with Crippen LogP contribution in [0.2, 0.25) is 0 Å². The summed E-state index contributed by atoms with van der Waals surface area (Å²) in [5.74, 6) is -0.544. The van der Waals surface area contributed by atoms with Crippen molar-refractivity contribution in [3.8, 4) is 0 Å². The minimum atomic E-state index is -0.443. The smallest absolute Gasteiger partial charge is 0.276 e. The minimum Gasteiger partial charge on any atom is -0.378 e. The maximum absolute atomic E-state index is 13.1. The van der Waals surface area contributed by atoms with Gasteiger partial charge in [0.25, 0.3) is 17.4 Å². The number of hydrogen-bond acceptors (Lipinski definition) is 5. The molecule has 1 aliphatic heterocycles. The number of hydrogen-bond donors (Lipinski definition) is 1. The number of aromatic nitrogens is 2. The molecule has 3 aromatic rings. The fourth-order valence-electron chi connectivity index (χ4n) is 3.59. The molecule has 1 aromatic heterocycles. The van der Waals surface area contributed by atoms with E-state index in [-0.39, 0.29) is 23.2 Å². The van der Waals surface area contributed by atoms with E-state index in [9.17, 15) is 14.4 Å². The zero-order chi connectivity index (χ0) is 22.0. The molecular weight excluding hydrogens is 396 g/mol. The first-order valence-corrected chi connectivity index (χ1v) is 10.3. The molecule has 0 atom stereocenters. The normalized spacial score (nSPS) is 14.1. The SMILES string of the molecule is CC(C)n1nc(C(=O)Nc2cccc(C(=O)N3CCOCC3)c2)c2ccccc2c1=O. The Morgan fingerprint density at radius 1 is 1.03 bits per heavy atom. The molecule has 160 valence electrons. The molecule has 0 saturated carbocycles. The van der Waals surface area contributed by atoms with Crippen molar-refractivity contribution >= 4 is 28.3 Å². The first kappa shape index (κ1) is 20.7. The van der Waals surface area contributed by atoms with E-state index in [1.807, 2.05) is 13.8 Å². The maximum Gasteiger partial charge on any atom is 0.276 e. The van der Waals surface area contributed by atoms with Crippen molar-refractivity contribution in [2.75, 3.05) is 31.6 Å². The Kier molecular flexibility index (Phi) is 5.81. The summed E-state index contributed by atoms with van der Waals surface area (Å²) in [6.45, 7) is 5.81. The summed E-state index contributed by atoms with van der Waals surface area (Å²) < 4.78 is 6.61. The molecule has 0 unspecified atom stereocenters. The predicted molar refractivity (Wildman–Crippen MR) is 118 cm³/mol. The van der Waals surface area contributed by atoms with Crippen LogP contribution in [0.25, 0.3) is 10.8 Å². The zero-order valence-electron chi connectivity index (χ0n) is 17.5. The van der Waals surface area contributed by atoms with Gasteiger partial charge in [-0.2, -0.15) is 5.10 Å². The van der Waals surface area contributed by atoms with Gasteiger partial charge in [0, 0.05) is 29.7 Å². The third kappa shape index (κ3) is 4.20. The summed E-state index contributed by atoms with van der Waals surface area (Å²) in [6, 6.07) is 13.5. The molecule has 2 heterocycles. The van der Waals surface area contributed by atoms with Gasteiger partial charge in [-0.3, -0.25) is 14.4 Å². The van der Waals surface area contributed by atoms with Gasteiger partial charge in [-0.05, 0) is 38.1 Å². The van der Waals surface area contributed by atoms with E-state index < -0.39 is 5.91 Å². The quantitative estimate of drug-likeness (QED) is 0.701. The lowest BCUT2D eigenvalue weighted by molar-refractivity contribution is 0.0303. The summed E-state index contributed by atoms with van der Waals surface area (Å²) in [6.07, 6.45) is 0. The summed E-state index contributed by atoms with van der Waals surface area (Å²) in [5, 5.41) is 8.08. The first-order chi connectivity index (χ1) is 15.0. The molecule has 0 spiro atoms. The van der Waals surface area contributed by atoms with Gasteiger partial charge >= 0.3 is 0 Å².